The first kappa shape index (κ1) is 11.0. The van der Waals surface area contributed by atoms with Crippen LogP contribution in [-0.4, -0.2) is 7.11 Å². The fourth-order valence-corrected chi connectivity index (χ4v) is 1.89. The molecule has 2 rings (SSSR count). The van der Waals surface area contributed by atoms with Crippen LogP contribution in [0.1, 0.15) is 26.3 Å². The van der Waals surface area contributed by atoms with Gasteiger partial charge in [-0.25, -0.2) is 0 Å². The van der Waals surface area contributed by atoms with Gasteiger partial charge in [0, 0.05) is 5.39 Å². The first-order chi connectivity index (χ1) is 7.52. The Bertz CT molecular complexity index is 506. The molecule has 1 heteroatoms. The van der Waals surface area contributed by atoms with E-state index < -0.39 is 0 Å². The lowest BCUT2D eigenvalue weighted by molar-refractivity contribution is 0.419. The smallest absolute Gasteiger partial charge is 0.126 e. The minimum Gasteiger partial charge on any atom is -0.496 e. The van der Waals surface area contributed by atoms with Crippen LogP contribution in [0, 0.1) is 0 Å². The Morgan fingerprint density at radius 2 is 1.75 bits per heavy atom. The van der Waals surface area contributed by atoms with Crippen molar-refractivity contribution in [1.82, 2.24) is 0 Å². The molecule has 0 radical (unpaired) electrons. The maximum atomic E-state index is 5.40. The van der Waals surface area contributed by atoms with Crippen molar-refractivity contribution in [3.8, 4) is 5.75 Å². The summed E-state index contributed by atoms with van der Waals surface area (Å²) in [6.45, 7) is 6.68. The summed E-state index contributed by atoms with van der Waals surface area (Å²) < 4.78 is 5.40. The summed E-state index contributed by atoms with van der Waals surface area (Å²) in [6, 6.07) is 12.7. The molecule has 0 unspecified atom stereocenters. The summed E-state index contributed by atoms with van der Waals surface area (Å²) in [5.41, 5.74) is 1.51. The summed E-state index contributed by atoms with van der Waals surface area (Å²) >= 11 is 0. The minimum absolute atomic E-state index is 0.176. The SMILES string of the molecule is COc1cccc2ccc(C(C)(C)C)cc12. The van der Waals surface area contributed by atoms with Gasteiger partial charge in [-0.05, 0) is 28.5 Å². The molecule has 16 heavy (non-hydrogen) atoms. The third-order valence-corrected chi connectivity index (χ3v) is 2.93. The highest BCUT2D eigenvalue weighted by atomic mass is 16.5. The Balaban J connectivity index is 2.68. The average Bonchev–Trinajstić information content (AvgIpc) is 2.26. The molecular weight excluding hydrogens is 196 g/mol. The Morgan fingerprint density at radius 3 is 2.38 bits per heavy atom. The summed E-state index contributed by atoms with van der Waals surface area (Å²) in [5, 5.41) is 2.42. The van der Waals surface area contributed by atoms with Crippen molar-refractivity contribution < 1.29 is 4.74 Å². The number of ether oxygens (including phenoxy) is 1. The molecule has 0 spiro atoms. The van der Waals surface area contributed by atoms with E-state index in [9.17, 15) is 0 Å². The summed E-state index contributed by atoms with van der Waals surface area (Å²) in [5.74, 6) is 0.948. The van der Waals surface area contributed by atoms with Gasteiger partial charge >= 0.3 is 0 Å². The Labute approximate surface area is 97.1 Å². The van der Waals surface area contributed by atoms with Gasteiger partial charge in [-0.2, -0.15) is 0 Å². The normalized spacial score (nSPS) is 11.8. The zero-order chi connectivity index (χ0) is 11.8. The van der Waals surface area contributed by atoms with Gasteiger partial charge in [0.05, 0.1) is 7.11 Å². The molecule has 0 aromatic heterocycles. The molecule has 0 aliphatic heterocycles. The van der Waals surface area contributed by atoms with E-state index >= 15 is 0 Å². The molecule has 2 aromatic rings. The molecule has 0 heterocycles. The van der Waals surface area contributed by atoms with Crippen molar-refractivity contribution in [3.05, 3.63) is 42.0 Å². The Morgan fingerprint density at radius 1 is 1.00 bits per heavy atom. The van der Waals surface area contributed by atoms with E-state index in [2.05, 4.69) is 45.0 Å². The van der Waals surface area contributed by atoms with Crippen LogP contribution in [-0.2, 0) is 5.41 Å². The molecule has 0 saturated heterocycles. The fourth-order valence-electron chi connectivity index (χ4n) is 1.89. The van der Waals surface area contributed by atoms with E-state index in [1.807, 2.05) is 12.1 Å². The topological polar surface area (TPSA) is 9.23 Å². The predicted molar refractivity (Wildman–Crippen MR) is 69.2 cm³/mol. The van der Waals surface area contributed by atoms with Crippen molar-refractivity contribution in [2.24, 2.45) is 0 Å². The molecular formula is C15H18O. The summed E-state index contributed by atoms with van der Waals surface area (Å²) in [4.78, 5) is 0. The Hall–Kier alpha value is -1.50. The standard InChI is InChI=1S/C15H18O/c1-15(2,3)12-9-8-11-6-5-7-14(16-4)13(11)10-12/h5-10H,1-4H3. The lowest BCUT2D eigenvalue weighted by atomic mass is 9.86. The maximum Gasteiger partial charge on any atom is 0.126 e. The van der Waals surface area contributed by atoms with Crippen molar-refractivity contribution in [3.63, 3.8) is 0 Å². The van der Waals surface area contributed by atoms with E-state index in [4.69, 9.17) is 4.74 Å². The van der Waals surface area contributed by atoms with Gasteiger partial charge in [0.2, 0.25) is 0 Å². The number of benzene rings is 2. The van der Waals surface area contributed by atoms with Crippen LogP contribution in [0.5, 0.6) is 5.75 Å². The predicted octanol–water partition coefficient (Wildman–Crippen LogP) is 4.15. The molecule has 1 nitrogen and oxygen atoms in total. The van der Waals surface area contributed by atoms with E-state index in [0.29, 0.717) is 0 Å². The fraction of sp³-hybridized carbons (Fsp3) is 0.333. The second kappa shape index (κ2) is 3.82. The third kappa shape index (κ3) is 1.90. The highest BCUT2D eigenvalue weighted by Crippen LogP contribution is 2.30. The molecule has 0 amide bonds. The molecule has 0 aliphatic carbocycles. The zero-order valence-corrected chi connectivity index (χ0v) is 10.4. The maximum absolute atomic E-state index is 5.40. The van der Waals surface area contributed by atoms with Gasteiger partial charge < -0.3 is 4.74 Å². The lowest BCUT2D eigenvalue weighted by Crippen LogP contribution is -2.10. The molecule has 0 fully saturated rings. The second-order valence-corrected chi connectivity index (χ2v) is 5.15. The molecule has 0 atom stereocenters. The molecule has 0 aliphatic rings. The van der Waals surface area contributed by atoms with Gasteiger partial charge in [-0.1, -0.05) is 45.0 Å². The highest BCUT2D eigenvalue weighted by molar-refractivity contribution is 5.89. The number of rotatable bonds is 1. The van der Waals surface area contributed by atoms with Crippen LogP contribution in [0.25, 0.3) is 10.8 Å². The first-order valence-electron chi connectivity index (χ1n) is 5.59. The van der Waals surface area contributed by atoms with Gasteiger partial charge in [-0.3, -0.25) is 0 Å². The van der Waals surface area contributed by atoms with Crippen molar-refractivity contribution in [1.29, 1.82) is 0 Å². The second-order valence-electron chi connectivity index (χ2n) is 5.15. The van der Waals surface area contributed by atoms with Gasteiger partial charge in [0.25, 0.3) is 0 Å². The van der Waals surface area contributed by atoms with E-state index in [1.54, 1.807) is 7.11 Å². The monoisotopic (exact) mass is 214 g/mol. The molecule has 0 N–H and O–H groups in total. The van der Waals surface area contributed by atoms with Crippen LogP contribution in [0.15, 0.2) is 36.4 Å². The zero-order valence-electron chi connectivity index (χ0n) is 10.4. The van der Waals surface area contributed by atoms with Crippen LogP contribution >= 0.6 is 0 Å². The number of hydrogen-bond donors (Lipinski definition) is 0. The Kier molecular flexibility index (Phi) is 2.63. The van der Waals surface area contributed by atoms with Crippen molar-refractivity contribution in [2.75, 3.05) is 7.11 Å². The van der Waals surface area contributed by atoms with Crippen LogP contribution in [0.3, 0.4) is 0 Å². The van der Waals surface area contributed by atoms with Crippen molar-refractivity contribution >= 4 is 10.8 Å². The number of hydrogen-bond acceptors (Lipinski definition) is 1. The lowest BCUT2D eigenvalue weighted by Gasteiger charge is -2.20. The number of fused-ring (bicyclic) bond motifs is 1. The molecule has 84 valence electrons. The summed E-state index contributed by atoms with van der Waals surface area (Å²) in [7, 11) is 1.72. The van der Waals surface area contributed by atoms with Gasteiger partial charge in [0.15, 0.2) is 0 Å². The van der Waals surface area contributed by atoms with Gasteiger partial charge in [-0.15, -0.1) is 0 Å². The molecule has 2 aromatic carbocycles. The third-order valence-electron chi connectivity index (χ3n) is 2.93. The number of methoxy groups -OCH3 is 1. The van der Waals surface area contributed by atoms with Crippen LogP contribution in [0.4, 0.5) is 0 Å². The van der Waals surface area contributed by atoms with Crippen LogP contribution < -0.4 is 4.74 Å². The van der Waals surface area contributed by atoms with E-state index in [-0.39, 0.29) is 5.41 Å². The quantitative estimate of drug-likeness (QED) is 0.693. The average molecular weight is 214 g/mol. The molecule has 0 bridgehead atoms. The van der Waals surface area contributed by atoms with E-state index in [1.165, 1.54) is 16.3 Å². The van der Waals surface area contributed by atoms with Crippen LogP contribution in [0.2, 0.25) is 0 Å². The largest absolute Gasteiger partial charge is 0.496 e. The van der Waals surface area contributed by atoms with Crippen molar-refractivity contribution in [2.45, 2.75) is 26.2 Å². The van der Waals surface area contributed by atoms with Gasteiger partial charge in [0.1, 0.15) is 5.75 Å². The summed E-state index contributed by atoms with van der Waals surface area (Å²) in [6.07, 6.45) is 0. The molecule has 0 saturated carbocycles. The minimum atomic E-state index is 0.176. The highest BCUT2D eigenvalue weighted by Gasteiger charge is 2.14. The van der Waals surface area contributed by atoms with E-state index in [0.717, 1.165) is 5.75 Å². The first-order valence-corrected chi connectivity index (χ1v) is 5.59.